The highest BCUT2D eigenvalue weighted by atomic mass is 32.2. The molecule has 1 aliphatic heterocycles. The van der Waals surface area contributed by atoms with E-state index in [1.165, 1.54) is 18.5 Å². The first-order valence-corrected chi connectivity index (χ1v) is 10.1. The number of carbonyl (C=O) groups excluding carboxylic acids is 1. The molecule has 2 heterocycles. The van der Waals surface area contributed by atoms with Crippen molar-refractivity contribution in [2.45, 2.75) is 19.9 Å². The number of sulfone groups is 1. The van der Waals surface area contributed by atoms with E-state index in [1.807, 2.05) is 0 Å². The highest BCUT2D eigenvalue weighted by molar-refractivity contribution is 7.90. The van der Waals surface area contributed by atoms with Gasteiger partial charge in [0.2, 0.25) is 0 Å². The molecule has 24 heavy (non-hydrogen) atoms. The van der Waals surface area contributed by atoms with Crippen molar-refractivity contribution in [1.29, 1.82) is 0 Å². The first kappa shape index (κ1) is 18.7. The summed E-state index contributed by atoms with van der Waals surface area (Å²) >= 11 is 0. The van der Waals surface area contributed by atoms with E-state index in [0.29, 0.717) is 19.0 Å². The molecule has 1 amide bonds. The number of aromatic nitrogens is 1. The SMILES string of the molecule is CC(C)[C@H]1CN(CCS(C)(=O)=O)C[C@@H]1NC(=O)c1ncccc1O. The quantitative estimate of drug-likeness (QED) is 0.772. The normalized spacial score (nSPS) is 22.0. The molecule has 0 bridgehead atoms. The molecule has 0 radical (unpaired) electrons. The monoisotopic (exact) mass is 355 g/mol. The summed E-state index contributed by atoms with van der Waals surface area (Å²) in [7, 11) is -3.01. The Bertz CT molecular complexity index is 690. The van der Waals surface area contributed by atoms with E-state index in [-0.39, 0.29) is 29.2 Å². The second kappa shape index (κ2) is 7.48. The van der Waals surface area contributed by atoms with E-state index in [9.17, 15) is 18.3 Å². The molecule has 7 nitrogen and oxygen atoms in total. The number of pyridine rings is 1. The summed E-state index contributed by atoms with van der Waals surface area (Å²) in [5, 5.41) is 12.7. The fraction of sp³-hybridized carbons (Fsp3) is 0.625. The number of nitrogens with one attached hydrogen (secondary N) is 1. The van der Waals surface area contributed by atoms with Crippen LogP contribution in [0.1, 0.15) is 24.3 Å². The van der Waals surface area contributed by atoms with Gasteiger partial charge in [0.1, 0.15) is 15.6 Å². The Kier molecular flexibility index (Phi) is 5.82. The van der Waals surface area contributed by atoms with Gasteiger partial charge in [0, 0.05) is 38.1 Å². The van der Waals surface area contributed by atoms with Crippen molar-refractivity contribution in [3.8, 4) is 5.75 Å². The molecule has 8 heteroatoms. The van der Waals surface area contributed by atoms with Gasteiger partial charge in [-0.25, -0.2) is 13.4 Å². The Morgan fingerprint density at radius 1 is 1.46 bits per heavy atom. The molecule has 1 aromatic rings. The van der Waals surface area contributed by atoms with Crippen LogP contribution in [0.2, 0.25) is 0 Å². The van der Waals surface area contributed by atoms with Gasteiger partial charge in [0.15, 0.2) is 5.69 Å². The van der Waals surface area contributed by atoms with Crippen molar-refractivity contribution in [1.82, 2.24) is 15.2 Å². The van der Waals surface area contributed by atoms with Gasteiger partial charge >= 0.3 is 0 Å². The van der Waals surface area contributed by atoms with Gasteiger partial charge in [-0.05, 0) is 24.0 Å². The van der Waals surface area contributed by atoms with E-state index >= 15 is 0 Å². The standard InChI is InChI=1S/C16H25N3O4S/c1-11(2)12-9-19(7-8-24(3,22)23)10-13(12)18-16(21)15-14(20)5-4-6-17-15/h4-6,11-13,20H,7-10H2,1-3H3,(H,18,21)/t12-,13+/m1/s1. The fourth-order valence-corrected chi connectivity index (χ4v) is 3.62. The highest BCUT2D eigenvalue weighted by Crippen LogP contribution is 2.25. The van der Waals surface area contributed by atoms with Crippen LogP contribution in [0.4, 0.5) is 0 Å². The predicted molar refractivity (Wildman–Crippen MR) is 91.6 cm³/mol. The van der Waals surface area contributed by atoms with Gasteiger partial charge in [-0.1, -0.05) is 13.8 Å². The molecule has 1 saturated heterocycles. The second-order valence-corrected chi connectivity index (χ2v) is 9.01. The third kappa shape index (κ3) is 4.91. The fourth-order valence-electron chi connectivity index (χ4n) is 3.03. The summed E-state index contributed by atoms with van der Waals surface area (Å²) < 4.78 is 22.7. The number of hydrogen-bond acceptors (Lipinski definition) is 6. The maximum Gasteiger partial charge on any atom is 0.274 e. The zero-order chi connectivity index (χ0) is 17.9. The third-order valence-corrected chi connectivity index (χ3v) is 5.32. The molecule has 2 rings (SSSR count). The molecule has 0 unspecified atom stereocenters. The number of hydrogen-bond donors (Lipinski definition) is 2. The Morgan fingerprint density at radius 2 is 2.17 bits per heavy atom. The Balaban J connectivity index is 2.04. The van der Waals surface area contributed by atoms with Crippen molar-refractivity contribution in [3.63, 3.8) is 0 Å². The van der Waals surface area contributed by atoms with Gasteiger partial charge in [-0.2, -0.15) is 0 Å². The molecule has 0 saturated carbocycles. The average Bonchev–Trinajstić information content (AvgIpc) is 2.88. The lowest BCUT2D eigenvalue weighted by Gasteiger charge is -2.22. The van der Waals surface area contributed by atoms with Crippen LogP contribution in [0.3, 0.4) is 0 Å². The van der Waals surface area contributed by atoms with Crippen LogP contribution in [0.5, 0.6) is 5.75 Å². The van der Waals surface area contributed by atoms with Crippen LogP contribution >= 0.6 is 0 Å². The van der Waals surface area contributed by atoms with Gasteiger partial charge < -0.3 is 10.4 Å². The minimum atomic E-state index is -3.01. The maximum absolute atomic E-state index is 12.4. The molecule has 2 atom stereocenters. The third-order valence-electron chi connectivity index (χ3n) is 4.39. The average molecular weight is 355 g/mol. The van der Waals surface area contributed by atoms with Crippen LogP contribution < -0.4 is 5.32 Å². The van der Waals surface area contributed by atoms with Crippen LogP contribution in [-0.2, 0) is 9.84 Å². The molecule has 0 aliphatic carbocycles. The smallest absolute Gasteiger partial charge is 0.274 e. The number of likely N-dealkylation sites (tertiary alicyclic amines) is 1. The summed E-state index contributed by atoms with van der Waals surface area (Å²) in [6, 6.07) is 2.89. The van der Waals surface area contributed by atoms with E-state index < -0.39 is 15.7 Å². The molecule has 0 aromatic carbocycles. The highest BCUT2D eigenvalue weighted by Gasteiger charge is 2.36. The lowest BCUT2D eigenvalue weighted by molar-refractivity contribution is 0.0917. The Hall–Kier alpha value is -1.67. The molecular weight excluding hydrogens is 330 g/mol. The number of amides is 1. The topological polar surface area (TPSA) is 99.6 Å². The minimum Gasteiger partial charge on any atom is -0.505 e. The predicted octanol–water partition coefficient (Wildman–Crippen LogP) is 0.518. The zero-order valence-electron chi connectivity index (χ0n) is 14.3. The number of rotatable bonds is 6. The van der Waals surface area contributed by atoms with Crippen molar-refractivity contribution in [2.75, 3.05) is 31.6 Å². The largest absolute Gasteiger partial charge is 0.505 e. The van der Waals surface area contributed by atoms with E-state index in [0.717, 1.165) is 6.54 Å². The van der Waals surface area contributed by atoms with Gasteiger partial charge in [-0.3, -0.25) is 9.69 Å². The van der Waals surface area contributed by atoms with E-state index in [2.05, 4.69) is 29.0 Å². The van der Waals surface area contributed by atoms with Gasteiger partial charge in [0.05, 0.1) is 5.75 Å². The van der Waals surface area contributed by atoms with E-state index in [4.69, 9.17) is 0 Å². The lowest BCUT2D eigenvalue weighted by atomic mass is 9.91. The molecule has 1 aliphatic rings. The molecule has 0 spiro atoms. The van der Waals surface area contributed by atoms with Crippen LogP contribution in [0.25, 0.3) is 0 Å². The zero-order valence-corrected chi connectivity index (χ0v) is 15.1. The van der Waals surface area contributed by atoms with Crippen molar-refractivity contribution < 1.29 is 18.3 Å². The van der Waals surface area contributed by atoms with Crippen LogP contribution in [0.15, 0.2) is 18.3 Å². The first-order chi connectivity index (χ1) is 11.2. The van der Waals surface area contributed by atoms with Crippen LogP contribution in [-0.4, -0.2) is 67.0 Å². The summed E-state index contributed by atoms with van der Waals surface area (Å²) in [6.45, 7) is 5.97. The van der Waals surface area contributed by atoms with Crippen molar-refractivity contribution in [3.05, 3.63) is 24.0 Å². The summed E-state index contributed by atoms with van der Waals surface area (Å²) in [6.07, 6.45) is 2.69. The summed E-state index contributed by atoms with van der Waals surface area (Å²) in [5.74, 6) is 0.117. The number of aromatic hydroxyl groups is 1. The summed E-state index contributed by atoms with van der Waals surface area (Å²) in [4.78, 5) is 18.4. The van der Waals surface area contributed by atoms with E-state index in [1.54, 1.807) is 6.07 Å². The Morgan fingerprint density at radius 3 is 2.75 bits per heavy atom. The van der Waals surface area contributed by atoms with Crippen LogP contribution in [0, 0.1) is 11.8 Å². The molecule has 1 fully saturated rings. The maximum atomic E-state index is 12.4. The Labute approximate surface area is 143 Å². The number of carbonyl (C=O) groups is 1. The molecular formula is C16H25N3O4S. The molecule has 2 N–H and O–H groups in total. The number of nitrogens with zero attached hydrogens (tertiary/aromatic N) is 2. The molecule has 1 aromatic heterocycles. The van der Waals surface area contributed by atoms with Crippen molar-refractivity contribution >= 4 is 15.7 Å². The minimum absolute atomic E-state index is 0.00888. The van der Waals surface area contributed by atoms with Crippen molar-refractivity contribution in [2.24, 2.45) is 11.8 Å². The van der Waals surface area contributed by atoms with Gasteiger partial charge in [0.25, 0.3) is 5.91 Å². The van der Waals surface area contributed by atoms with Gasteiger partial charge in [-0.15, -0.1) is 0 Å². The lowest BCUT2D eigenvalue weighted by Crippen LogP contribution is -2.42. The molecule has 134 valence electrons. The first-order valence-electron chi connectivity index (χ1n) is 8.02. The second-order valence-electron chi connectivity index (χ2n) is 6.75. The summed E-state index contributed by atoms with van der Waals surface area (Å²) in [5.41, 5.74) is 0.00888.